The second kappa shape index (κ2) is 16.6. The molecule has 4 atom stereocenters. The molecule has 0 bridgehead atoms. The van der Waals surface area contributed by atoms with E-state index in [-0.39, 0.29) is 25.7 Å². The Morgan fingerprint density at radius 2 is 1.10 bits per heavy atom. The van der Waals surface area contributed by atoms with Crippen LogP contribution in [0.3, 0.4) is 0 Å². The van der Waals surface area contributed by atoms with Gasteiger partial charge in [0.2, 0.25) is 0 Å². The van der Waals surface area contributed by atoms with Crippen molar-refractivity contribution in [2.75, 3.05) is 0 Å². The van der Waals surface area contributed by atoms with Crippen molar-refractivity contribution in [3.05, 3.63) is 71.8 Å². The Hall–Kier alpha value is -2.76. The summed E-state index contributed by atoms with van der Waals surface area (Å²) in [7, 11) is 0. The van der Waals surface area contributed by atoms with Gasteiger partial charge in [0, 0.05) is 19.3 Å². The first-order valence-corrected chi connectivity index (χ1v) is 15.6. The normalized spacial score (nSPS) is 15.1. The summed E-state index contributed by atoms with van der Waals surface area (Å²) >= 11 is 13.5. The van der Waals surface area contributed by atoms with Crippen LogP contribution in [-0.2, 0) is 19.1 Å². The van der Waals surface area contributed by atoms with Crippen LogP contribution in [0.4, 0.5) is 0 Å². The van der Waals surface area contributed by atoms with Crippen LogP contribution < -0.4 is 0 Å². The maximum Gasteiger partial charge on any atom is 0.306 e. The van der Waals surface area contributed by atoms with Crippen molar-refractivity contribution in [2.45, 2.75) is 81.5 Å². The molecule has 0 spiro atoms. The van der Waals surface area contributed by atoms with Crippen molar-refractivity contribution >= 4 is 68.3 Å². The summed E-state index contributed by atoms with van der Waals surface area (Å²) in [4.78, 5) is 25.0. The van der Waals surface area contributed by atoms with Crippen molar-refractivity contribution in [2.24, 2.45) is 0 Å². The molecule has 0 saturated heterocycles. The number of esters is 2. The fraction of sp³-hybridized carbons (Fsp3) is 0.419. The molecule has 0 aliphatic heterocycles. The number of carbonyl (C=O) groups excluding carboxylic acids is 2. The lowest BCUT2D eigenvalue weighted by Gasteiger charge is -2.23. The number of nitriles is 2. The fourth-order valence-corrected chi connectivity index (χ4v) is 6.95. The molecule has 0 aliphatic carbocycles. The Kier molecular flexibility index (Phi) is 14.0. The number of carbonyl (C=O) groups is 2. The molecular formula is C31H34N2O4S4. The number of hydrogen-bond acceptors (Lipinski definition) is 10. The minimum atomic E-state index is -0.876. The van der Waals surface area contributed by atoms with Gasteiger partial charge in [-0.1, -0.05) is 109 Å². The van der Waals surface area contributed by atoms with Crippen molar-refractivity contribution < 1.29 is 19.1 Å². The second-order valence-corrected chi connectivity index (χ2v) is 14.4. The molecule has 0 fully saturated rings. The summed E-state index contributed by atoms with van der Waals surface area (Å²) in [5.74, 6) is -0.861. The van der Waals surface area contributed by atoms with Gasteiger partial charge in [-0.15, -0.1) is 0 Å². The van der Waals surface area contributed by atoms with Gasteiger partial charge in [0.05, 0.1) is 20.5 Å². The zero-order chi connectivity index (χ0) is 30.5. The highest BCUT2D eigenvalue weighted by Gasteiger charge is 2.30. The molecule has 6 nitrogen and oxygen atoms in total. The Bertz CT molecular complexity index is 1190. The number of benzene rings is 2. The van der Waals surface area contributed by atoms with Crippen molar-refractivity contribution in [3.63, 3.8) is 0 Å². The SMILES string of the molecule is CC(CC(C)OC(=O)CCC(C)(C#N)SC(=S)c1ccccc1)OC(=O)CCC(C)(C#N)SC(=S)c1ccccc1. The van der Waals surface area contributed by atoms with Gasteiger partial charge in [-0.3, -0.25) is 9.59 Å². The molecule has 0 aliphatic rings. The topological polar surface area (TPSA) is 100 Å². The van der Waals surface area contributed by atoms with Gasteiger partial charge in [-0.25, -0.2) is 0 Å². The van der Waals surface area contributed by atoms with E-state index >= 15 is 0 Å². The zero-order valence-corrected chi connectivity index (χ0v) is 26.9. The highest BCUT2D eigenvalue weighted by molar-refractivity contribution is 8.25. The van der Waals surface area contributed by atoms with Gasteiger partial charge in [0.1, 0.15) is 21.7 Å². The van der Waals surface area contributed by atoms with Crippen LogP contribution in [0.1, 0.15) is 70.9 Å². The lowest BCUT2D eigenvalue weighted by atomic mass is 10.1. The largest absolute Gasteiger partial charge is 0.463 e. The molecule has 2 aromatic carbocycles. The highest BCUT2D eigenvalue weighted by Crippen LogP contribution is 2.34. The predicted octanol–water partition coefficient (Wildman–Crippen LogP) is 7.58. The van der Waals surface area contributed by atoms with E-state index in [0.29, 0.717) is 14.8 Å². The van der Waals surface area contributed by atoms with Crippen LogP contribution in [0.25, 0.3) is 0 Å². The lowest BCUT2D eigenvalue weighted by Crippen LogP contribution is -2.26. The number of nitrogens with zero attached hydrogens (tertiary/aromatic N) is 2. The zero-order valence-electron chi connectivity index (χ0n) is 23.6. The van der Waals surface area contributed by atoms with Gasteiger partial charge in [-0.05, 0) is 51.7 Å². The molecule has 0 saturated carbocycles. The van der Waals surface area contributed by atoms with E-state index in [2.05, 4.69) is 12.1 Å². The van der Waals surface area contributed by atoms with E-state index in [4.69, 9.17) is 33.9 Å². The molecule has 0 aromatic heterocycles. The molecule has 0 N–H and O–H groups in total. The fourth-order valence-electron chi connectivity index (χ4n) is 3.75. The third-order valence-corrected chi connectivity index (χ3v) is 9.37. The minimum absolute atomic E-state index is 0.0578. The van der Waals surface area contributed by atoms with E-state index in [0.717, 1.165) is 11.1 Å². The van der Waals surface area contributed by atoms with Crippen LogP contribution in [-0.4, -0.2) is 42.0 Å². The van der Waals surface area contributed by atoms with Gasteiger partial charge in [0.15, 0.2) is 0 Å². The standard InChI is InChI=1S/C31H34N2O4S4/c1-22(36-26(34)15-17-30(3,20-32)40-28(38)24-11-7-5-8-12-24)19-23(2)37-27(35)16-18-31(4,21-33)41-29(39)25-13-9-6-10-14-25/h5-14,22-23H,15-19H2,1-4H3. The molecule has 0 heterocycles. The third-order valence-electron chi connectivity index (χ3n) is 6.07. The quantitative estimate of drug-likeness (QED) is 0.154. The van der Waals surface area contributed by atoms with Crippen molar-refractivity contribution in [1.29, 1.82) is 10.5 Å². The summed E-state index contributed by atoms with van der Waals surface area (Å²) in [6.07, 6.45) is 0.0215. The van der Waals surface area contributed by atoms with Crippen LogP contribution in [0.15, 0.2) is 60.7 Å². The van der Waals surface area contributed by atoms with Gasteiger partial charge in [-0.2, -0.15) is 10.5 Å². The molecule has 2 aromatic rings. The second-order valence-electron chi connectivity index (χ2n) is 10.0. The number of hydrogen-bond donors (Lipinski definition) is 0. The minimum Gasteiger partial charge on any atom is -0.463 e. The van der Waals surface area contributed by atoms with Crippen molar-refractivity contribution in [3.8, 4) is 12.1 Å². The smallest absolute Gasteiger partial charge is 0.306 e. The molecule has 0 radical (unpaired) electrons. The molecule has 0 amide bonds. The molecular weight excluding hydrogens is 593 g/mol. The van der Waals surface area contributed by atoms with Crippen molar-refractivity contribution in [1.82, 2.24) is 0 Å². The van der Waals surface area contributed by atoms with Crippen LogP contribution in [0.2, 0.25) is 0 Å². The lowest BCUT2D eigenvalue weighted by molar-refractivity contribution is -0.154. The number of thiocarbonyl (C=S) groups is 2. The van der Waals surface area contributed by atoms with Gasteiger partial charge in [0.25, 0.3) is 0 Å². The first-order valence-electron chi connectivity index (χ1n) is 13.2. The first kappa shape index (κ1) is 34.4. The number of thioether (sulfide) groups is 2. The molecule has 2 rings (SSSR count). The maximum atomic E-state index is 12.5. The Balaban J connectivity index is 1.75. The summed E-state index contributed by atoms with van der Waals surface area (Å²) in [5, 5.41) is 19.5. The van der Waals surface area contributed by atoms with Crippen LogP contribution in [0.5, 0.6) is 0 Å². The summed E-state index contributed by atoms with van der Waals surface area (Å²) < 4.78 is 10.5. The highest BCUT2D eigenvalue weighted by atomic mass is 32.2. The molecule has 41 heavy (non-hydrogen) atoms. The van der Waals surface area contributed by atoms with E-state index in [1.54, 1.807) is 27.7 Å². The monoisotopic (exact) mass is 626 g/mol. The molecule has 10 heteroatoms. The van der Waals surface area contributed by atoms with E-state index < -0.39 is 33.6 Å². The maximum absolute atomic E-state index is 12.5. The number of rotatable bonds is 14. The van der Waals surface area contributed by atoms with E-state index in [1.807, 2.05) is 60.7 Å². The molecule has 216 valence electrons. The van der Waals surface area contributed by atoms with Crippen LogP contribution in [0, 0.1) is 22.7 Å². The van der Waals surface area contributed by atoms with E-state index in [1.165, 1.54) is 23.5 Å². The predicted molar refractivity (Wildman–Crippen MR) is 174 cm³/mol. The van der Waals surface area contributed by atoms with Gasteiger partial charge < -0.3 is 9.47 Å². The summed E-state index contributed by atoms with van der Waals surface area (Å²) in [6.45, 7) is 6.99. The summed E-state index contributed by atoms with van der Waals surface area (Å²) in [5.41, 5.74) is 1.72. The number of ether oxygens (including phenoxy) is 2. The van der Waals surface area contributed by atoms with E-state index in [9.17, 15) is 20.1 Å². The Labute approximate surface area is 262 Å². The first-order chi connectivity index (χ1) is 19.4. The molecule has 4 unspecified atom stereocenters. The Morgan fingerprint density at radius 1 is 0.756 bits per heavy atom. The summed E-state index contributed by atoms with van der Waals surface area (Å²) in [6, 6.07) is 23.4. The van der Waals surface area contributed by atoms with Crippen LogP contribution >= 0.6 is 48.0 Å². The van der Waals surface area contributed by atoms with Gasteiger partial charge >= 0.3 is 11.9 Å². The average molecular weight is 627 g/mol. The third kappa shape index (κ3) is 12.3. The average Bonchev–Trinajstić information content (AvgIpc) is 2.95. The Morgan fingerprint density at radius 3 is 1.41 bits per heavy atom.